The van der Waals surface area contributed by atoms with Gasteiger partial charge in [0, 0.05) is 12.1 Å². The molecule has 0 heterocycles. The van der Waals surface area contributed by atoms with Gasteiger partial charge in [0.15, 0.2) is 5.78 Å². The number of likely N-dealkylation sites (N-methyl/N-ethyl adjacent to an activating group) is 1. The Morgan fingerprint density at radius 2 is 1.82 bits per heavy atom. The van der Waals surface area contributed by atoms with Gasteiger partial charge in [0.25, 0.3) is 0 Å². The van der Waals surface area contributed by atoms with Crippen LogP contribution in [-0.2, 0) is 0 Å². The van der Waals surface area contributed by atoms with Crippen molar-refractivity contribution in [3.8, 4) is 0 Å². The molecule has 0 bridgehead atoms. The van der Waals surface area contributed by atoms with E-state index in [1.54, 1.807) is 0 Å². The first-order valence-electron chi connectivity index (χ1n) is 6.35. The normalized spacial score (nSPS) is 14.6. The van der Waals surface area contributed by atoms with E-state index in [1.807, 2.05) is 44.3 Å². The zero-order valence-electron chi connectivity index (χ0n) is 11.3. The second-order valence-electron chi connectivity index (χ2n) is 4.86. The number of carbonyl (C=O) groups is 1. The molecule has 0 N–H and O–H groups in total. The van der Waals surface area contributed by atoms with E-state index >= 15 is 0 Å². The predicted octanol–water partition coefficient (Wildman–Crippen LogP) is 3.24. The van der Waals surface area contributed by atoms with Crippen LogP contribution in [0.25, 0.3) is 0 Å². The molecule has 2 nitrogen and oxygen atoms in total. The molecule has 0 aromatic heterocycles. The zero-order valence-corrected chi connectivity index (χ0v) is 11.3. The number of carbonyl (C=O) groups excluding carboxylic acids is 1. The molecule has 1 aromatic rings. The Bertz CT molecular complexity index is 347. The van der Waals surface area contributed by atoms with Crippen LogP contribution in [0.5, 0.6) is 0 Å². The molecule has 0 amide bonds. The monoisotopic (exact) mass is 233 g/mol. The molecule has 0 saturated carbocycles. The highest BCUT2D eigenvalue weighted by Gasteiger charge is 2.20. The number of nitrogens with zero attached hydrogens (tertiary/aromatic N) is 1. The quantitative estimate of drug-likeness (QED) is 0.703. The Labute approximate surface area is 105 Å². The third-order valence-electron chi connectivity index (χ3n) is 3.40. The van der Waals surface area contributed by atoms with E-state index in [0.717, 1.165) is 18.5 Å². The lowest BCUT2D eigenvalue weighted by molar-refractivity contribution is 0.0854. The molecule has 0 radical (unpaired) electrons. The highest BCUT2D eigenvalue weighted by Crippen LogP contribution is 2.10. The SMILES string of the molecule is CCC(C)CN(C)C(C)C(=O)c1ccccc1. The summed E-state index contributed by atoms with van der Waals surface area (Å²) in [7, 11) is 2.03. The van der Waals surface area contributed by atoms with Gasteiger partial charge >= 0.3 is 0 Å². The van der Waals surface area contributed by atoms with E-state index in [-0.39, 0.29) is 11.8 Å². The van der Waals surface area contributed by atoms with Crippen LogP contribution >= 0.6 is 0 Å². The smallest absolute Gasteiger partial charge is 0.179 e. The van der Waals surface area contributed by atoms with E-state index in [9.17, 15) is 4.79 Å². The number of benzene rings is 1. The molecular formula is C15H23NO. The number of Topliss-reactive ketones (excluding diaryl/α,β-unsaturated/α-hetero) is 1. The van der Waals surface area contributed by atoms with Gasteiger partial charge in [-0.15, -0.1) is 0 Å². The number of hydrogen-bond acceptors (Lipinski definition) is 2. The van der Waals surface area contributed by atoms with Gasteiger partial charge < -0.3 is 0 Å². The minimum Gasteiger partial charge on any atom is -0.296 e. The largest absolute Gasteiger partial charge is 0.296 e. The first-order valence-corrected chi connectivity index (χ1v) is 6.35. The molecule has 17 heavy (non-hydrogen) atoms. The molecule has 2 heteroatoms. The molecule has 0 saturated heterocycles. The van der Waals surface area contributed by atoms with Crippen molar-refractivity contribution < 1.29 is 4.79 Å². The van der Waals surface area contributed by atoms with Crippen molar-refractivity contribution >= 4 is 5.78 Å². The topological polar surface area (TPSA) is 20.3 Å². The molecule has 2 atom stereocenters. The first kappa shape index (κ1) is 13.9. The third kappa shape index (κ3) is 3.97. The van der Waals surface area contributed by atoms with Crippen molar-refractivity contribution in [1.29, 1.82) is 0 Å². The van der Waals surface area contributed by atoms with Crippen LogP contribution in [0, 0.1) is 5.92 Å². The summed E-state index contributed by atoms with van der Waals surface area (Å²) in [6, 6.07) is 9.48. The summed E-state index contributed by atoms with van der Waals surface area (Å²) in [5, 5.41) is 0. The lowest BCUT2D eigenvalue weighted by Gasteiger charge is -2.26. The van der Waals surface area contributed by atoms with Crippen molar-refractivity contribution in [3.63, 3.8) is 0 Å². The molecule has 0 aliphatic carbocycles. The molecule has 0 spiro atoms. The molecule has 0 aliphatic heterocycles. The van der Waals surface area contributed by atoms with Crippen LogP contribution in [0.4, 0.5) is 0 Å². The fraction of sp³-hybridized carbons (Fsp3) is 0.533. The van der Waals surface area contributed by atoms with Crippen LogP contribution in [0.1, 0.15) is 37.6 Å². The van der Waals surface area contributed by atoms with Gasteiger partial charge in [0.2, 0.25) is 0 Å². The lowest BCUT2D eigenvalue weighted by Crippen LogP contribution is -2.38. The molecule has 94 valence electrons. The minimum absolute atomic E-state index is 0.0496. The van der Waals surface area contributed by atoms with Crippen molar-refractivity contribution in [3.05, 3.63) is 35.9 Å². The van der Waals surface area contributed by atoms with Crippen molar-refractivity contribution in [2.45, 2.75) is 33.2 Å². The van der Waals surface area contributed by atoms with Crippen LogP contribution in [0.2, 0.25) is 0 Å². The maximum absolute atomic E-state index is 12.2. The Kier molecular flexibility index (Phi) is 5.36. The van der Waals surface area contributed by atoms with E-state index in [0.29, 0.717) is 5.92 Å². The van der Waals surface area contributed by atoms with Crippen molar-refractivity contribution in [2.24, 2.45) is 5.92 Å². The van der Waals surface area contributed by atoms with Crippen LogP contribution in [0.15, 0.2) is 30.3 Å². The Morgan fingerprint density at radius 1 is 1.24 bits per heavy atom. The van der Waals surface area contributed by atoms with Crippen LogP contribution in [0.3, 0.4) is 0 Å². The molecule has 0 fully saturated rings. The first-order chi connectivity index (χ1) is 8.06. The molecular weight excluding hydrogens is 210 g/mol. The van der Waals surface area contributed by atoms with Gasteiger partial charge in [0.1, 0.15) is 0 Å². The highest BCUT2D eigenvalue weighted by atomic mass is 16.1. The zero-order chi connectivity index (χ0) is 12.8. The van der Waals surface area contributed by atoms with Gasteiger partial charge in [-0.05, 0) is 19.9 Å². The minimum atomic E-state index is -0.0496. The van der Waals surface area contributed by atoms with Crippen LogP contribution in [-0.4, -0.2) is 30.3 Å². The summed E-state index contributed by atoms with van der Waals surface area (Å²) in [6.07, 6.45) is 1.15. The standard InChI is InChI=1S/C15H23NO/c1-5-12(2)11-16(4)13(3)15(17)14-9-7-6-8-10-14/h6-10,12-13H,5,11H2,1-4H3. The summed E-state index contributed by atoms with van der Waals surface area (Å²) >= 11 is 0. The summed E-state index contributed by atoms with van der Waals surface area (Å²) < 4.78 is 0. The third-order valence-corrected chi connectivity index (χ3v) is 3.40. The number of rotatable bonds is 6. The fourth-order valence-electron chi connectivity index (χ4n) is 1.82. The van der Waals surface area contributed by atoms with Gasteiger partial charge in [0.05, 0.1) is 6.04 Å². The number of hydrogen-bond donors (Lipinski definition) is 0. The average Bonchev–Trinajstić information content (AvgIpc) is 2.37. The Morgan fingerprint density at radius 3 is 2.35 bits per heavy atom. The Hall–Kier alpha value is -1.15. The van der Waals surface area contributed by atoms with Crippen molar-refractivity contribution in [1.82, 2.24) is 4.90 Å². The van der Waals surface area contributed by atoms with Crippen molar-refractivity contribution in [2.75, 3.05) is 13.6 Å². The summed E-state index contributed by atoms with van der Waals surface area (Å²) in [5.74, 6) is 0.836. The maximum atomic E-state index is 12.2. The van der Waals surface area contributed by atoms with Gasteiger partial charge in [-0.25, -0.2) is 0 Å². The van der Waals surface area contributed by atoms with Crippen LogP contribution < -0.4 is 0 Å². The van der Waals surface area contributed by atoms with E-state index in [1.165, 1.54) is 0 Å². The molecule has 2 unspecified atom stereocenters. The van der Waals surface area contributed by atoms with Gasteiger partial charge in [-0.3, -0.25) is 9.69 Å². The van der Waals surface area contributed by atoms with Gasteiger partial charge in [-0.1, -0.05) is 50.6 Å². The fourth-order valence-corrected chi connectivity index (χ4v) is 1.82. The summed E-state index contributed by atoms with van der Waals surface area (Å²) in [5.41, 5.74) is 0.802. The van der Waals surface area contributed by atoms with E-state index in [4.69, 9.17) is 0 Å². The van der Waals surface area contributed by atoms with E-state index in [2.05, 4.69) is 18.7 Å². The number of ketones is 1. The average molecular weight is 233 g/mol. The second-order valence-corrected chi connectivity index (χ2v) is 4.86. The lowest BCUT2D eigenvalue weighted by atomic mass is 10.0. The summed E-state index contributed by atoms with van der Waals surface area (Å²) in [6.45, 7) is 7.35. The molecule has 1 aromatic carbocycles. The molecule has 1 rings (SSSR count). The van der Waals surface area contributed by atoms with E-state index < -0.39 is 0 Å². The highest BCUT2D eigenvalue weighted by molar-refractivity contribution is 5.99. The maximum Gasteiger partial charge on any atom is 0.179 e. The summed E-state index contributed by atoms with van der Waals surface area (Å²) in [4.78, 5) is 14.4. The van der Waals surface area contributed by atoms with Gasteiger partial charge in [-0.2, -0.15) is 0 Å². The second kappa shape index (κ2) is 6.55. The predicted molar refractivity (Wildman–Crippen MR) is 72.3 cm³/mol. The Balaban J connectivity index is 2.64. The molecule has 0 aliphatic rings.